The van der Waals surface area contributed by atoms with Crippen LogP contribution in [0.3, 0.4) is 0 Å². The summed E-state index contributed by atoms with van der Waals surface area (Å²) in [5, 5.41) is 3.89. The standard InChI is InChI=1S/C15H24ClNO2/c1-6-17-10-9-15(2,3)11-7-8-12(18-4)13(16)14(11)19-5/h7-8,17H,6,9-10H2,1-5H3. The Morgan fingerprint density at radius 3 is 2.42 bits per heavy atom. The molecular weight excluding hydrogens is 262 g/mol. The highest BCUT2D eigenvalue weighted by molar-refractivity contribution is 6.33. The van der Waals surface area contributed by atoms with E-state index in [0.717, 1.165) is 25.1 Å². The molecule has 0 spiro atoms. The van der Waals surface area contributed by atoms with E-state index in [1.54, 1.807) is 14.2 Å². The predicted molar refractivity (Wildman–Crippen MR) is 80.7 cm³/mol. The number of nitrogens with one attached hydrogen (secondary N) is 1. The van der Waals surface area contributed by atoms with Crippen LogP contribution < -0.4 is 14.8 Å². The van der Waals surface area contributed by atoms with Crippen LogP contribution in [0.1, 0.15) is 32.8 Å². The summed E-state index contributed by atoms with van der Waals surface area (Å²) >= 11 is 6.32. The first-order chi connectivity index (χ1) is 8.97. The summed E-state index contributed by atoms with van der Waals surface area (Å²) in [5.74, 6) is 1.35. The molecule has 0 fully saturated rings. The van der Waals surface area contributed by atoms with Crippen molar-refractivity contribution in [1.82, 2.24) is 5.32 Å². The summed E-state index contributed by atoms with van der Waals surface area (Å²) in [5.41, 5.74) is 1.10. The van der Waals surface area contributed by atoms with Gasteiger partial charge in [0, 0.05) is 5.56 Å². The van der Waals surface area contributed by atoms with E-state index in [4.69, 9.17) is 21.1 Å². The lowest BCUT2D eigenvalue weighted by Gasteiger charge is -2.28. The number of hydrogen-bond acceptors (Lipinski definition) is 3. The van der Waals surface area contributed by atoms with Gasteiger partial charge in [-0.05, 0) is 31.0 Å². The molecule has 0 saturated carbocycles. The fraction of sp³-hybridized carbons (Fsp3) is 0.600. The van der Waals surface area contributed by atoms with Crippen molar-refractivity contribution >= 4 is 11.6 Å². The van der Waals surface area contributed by atoms with E-state index in [1.807, 2.05) is 12.1 Å². The van der Waals surface area contributed by atoms with Crippen molar-refractivity contribution in [2.24, 2.45) is 0 Å². The molecular formula is C15H24ClNO2. The van der Waals surface area contributed by atoms with E-state index in [1.165, 1.54) is 0 Å². The highest BCUT2D eigenvalue weighted by atomic mass is 35.5. The van der Waals surface area contributed by atoms with Crippen molar-refractivity contribution in [3.8, 4) is 11.5 Å². The van der Waals surface area contributed by atoms with Crippen molar-refractivity contribution in [3.63, 3.8) is 0 Å². The lowest BCUT2D eigenvalue weighted by atomic mass is 9.81. The van der Waals surface area contributed by atoms with Gasteiger partial charge in [0.15, 0.2) is 0 Å². The van der Waals surface area contributed by atoms with Gasteiger partial charge in [-0.2, -0.15) is 0 Å². The van der Waals surface area contributed by atoms with Gasteiger partial charge < -0.3 is 14.8 Å². The van der Waals surface area contributed by atoms with E-state index in [2.05, 4.69) is 26.1 Å². The van der Waals surface area contributed by atoms with Gasteiger partial charge in [-0.1, -0.05) is 38.4 Å². The maximum absolute atomic E-state index is 6.32. The van der Waals surface area contributed by atoms with Crippen molar-refractivity contribution < 1.29 is 9.47 Å². The van der Waals surface area contributed by atoms with Crippen LogP contribution in [-0.2, 0) is 5.41 Å². The minimum atomic E-state index is -0.0105. The van der Waals surface area contributed by atoms with E-state index in [9.17, 15) is 0 Å². The average molecular weight is 286 g/mol. The molecule has 0 amide bonds. The molecule has 0 aliphatic heterocycles. The maximum Gasteiger partial charge on any atom is 0.144 e. The SMILES string of the molecule is CCNCCC(C)(C)c1ccc(OC)c(Cl)c1OC. The number of ether oxygens (including phenoxy) is 2. The molecule has 0 atom stereocenters. The normalized spacial score (nSPS) is 11.5. The van der Waals surface area contributed by atoms with E-state index < -0.39 is 0 Å². The van der Waals surface area contributed by atoms with Gasteiger partial charge in [-0.15, -0.1) is 0 Å². The van der Waals surface area contributed by atoms with E-state index >= 15 is 0 Å². The Hall–Kier alpha value is -0.930. The molecule has 1 aromatic carbocycles. The van der Waals surface area contributed by atoms with Crippen LogP contribution in [0.5, 0.6) is 11.5 Å². The molecule has 1 aromatic rings. The first-order valence-corrected chi connectivity index (χ1v) is 6.97. The predicted octanol–water partition coefficient (Wildman–Crippen LogP) is 3.63. The van der Waals surface area contributed by atoms with Gasteiger partial charge in [0.25, 0.3) is 0 Å². The summed E-state index contributed by atoms with van der Waals surface area (Å²) in [6.45, 7) is 8.46. The third-order valence-electron chi connectivity index (χ3n) is 3.39. The number of rotatable bonds is 7. The average Bonchev–Trinajstić information content (AvgIpc) is 2.38. The minimum absolute atomic E-state index is 0.0105. The molecule has 0 aromatic heterocycles. The minimum Gasteiger partial charge on any atom is -0.495 e. The van der Waals surface area contributed by atoms with Crippen LogP contribution in [0.4, 0.5) is 0 Å². The molecule has 0 bridgehead atoms. The second-order valence-electron chi connectivity index (χ2n) is 5.15. The number of hydrogen-bond donors (Lipinski definition) is 1. The Morgan fingerprint density at radius 2 is 1.89 bits per heavy atom. The molecule has 0 unspecified atom stereocenters. The smallest absolute Gasteiger partial charge is 0.144 e. The number of halogens is 1. The summed E-state index contributed by atoms with van der Waals surface area (Å²) in [7, 11) is 3.25. The molecule has 19 heavy (non-hydrogen) atoms. The fourth-order valence-electron chi connectivity index (χ4n) is 2.14. The third kappa shape index (κ3) is 3.77. The lowest BCUT2D eigenvalue weighted by molar-refractivity contribution is 0.373. The summed E-state index contributed by atoms with van der Waals surface area (Å²) in [6, 6.07) is 3.94. The van der Waals surface area contributed by atoms with Gasteiger partial charge in [0.05, 0.1) is 14.2 Å². The van der Waals surface area contributed by atoms with Gasteiger partial charge in [-0.3, -0.25) is 0 Å². The van der Waals surface area contributed by atoms with Gasteiger partial charge in [0.2, 0.25) is 0 Å². The highest BCUT2D eigenvalue weighted by Crippen LogP contribution is 2.42. The van der Waals surface area contributed by atoms with Gasteiger partial charge >= 0.3 is 0 Å². The Labute approximate surface area is 121 Å². The van der Waals surface area contributed by atoms with E-state index in [0.29, 0.717) is 16.5 Å². The molecule has 0 saturated heterocycles. The molecule has 1 rings (SSSR count). The fourth-order valence-corrected chi connectivity index (χ4v) is 2.46. The van der Waals surface area contributed by atoms with E-state index in [-0.39, 0.29) is 5.41 Å². The number of benzene rings is 1. The third-order valence-corrected chi connectivity index (χ3v) is 3.75. The summed E-state index contributed by atoms with van der Waals surface area (Å²) in [6.07, 6.45) is 1.01. The van der Waals surface area contributed by atoms with Crippen LogP contribution in [0.2, 0.25) is 5.02 Å². The monoisotopic (exact) mass is 285 g/mol. The first kappa shape index (κ1) is 16.1. The van der Waals surface area contributed by atoms with Crippen LogP contribution in [-0.4, -0.2) is 27.3 Å². The van der Waals surface area contributed by atoms with Gasteiger partial charge in [0.1, 0.15) is 16.5 Å². The summed E-state index contributed by atoms with van der Waals surface area (Å²) in [4.78, 5) is 0. The molecule has 3 nitrogen and oxygen atoms in total. The van der Waals surface area contributed by atoms with Crippen LogP contribution in [0.15, 0.2) is 12.1 Å². The number of methoxy groups -OCH3 is 2. The van der Waals surface area contributed by atoms with Crippen LogP contribution >= 0.6 is 11.6 Å². The van der Waals surface area contributed by atoms with Crippen LogP contribution in [0.25, 0.3) is 0 Å². The lowest BCUT2D eigenvalue weighted by Crippen LogP contribution is -2.26. The topological polar surface area (TPSA) is 30.5 Å². The zero-order valence-corrected chi connectivity index (χ0v) is 13.2. The first-order valence-electron chi connectivity index (χ1n) is 6.59. The second kappa shape index (κ2) is 7.01. The molecule has 4 heteroatoms. The Bertz CT molecular complexity index is 419. The zero-order chi connectivity index (χ0) is 14.5. The Morgan fingerprint density at radius 1 is 1.21 bits per heavy atom. The molecule has 0 radical (unpaired) electrons. The van der Waals surface area contributed by atoms with Crippen molar-refractivity contribution in [2.45, 2.75) is 32.6 Å². The maximum atomic E-state index is 6.32. The Balaban J connectivity index is 3.08. The largest absolute Gasteiger partial charge is 0.495 e. The Kier molecular flexibility index (Phi) is 5.95. The second-order valence-corrected chi connectivity index (χ2v) is 5.53. The molecule has 0 heterocycles. The molecule has 0 aliphatic carbocycles. The molecule has 0 aliphatic rings. The molecule has 1 N–H and O–H groups in total. The van der Waals surface area contributed by atoms with Crippen molar-refractivity contribution in [2.75, 3.05) is 27.3 Å². The quantitative estimate of drug-likeness (QED) is 0.776. The van der Waals surface area contributed by atoms with Crippen LogP contribution in [0, 0.1) is 0 Å². The van der Waals surface area contributed by atoms with Gasteiger partial charge in [-0.25, -0.2) is 0 Å². The van der Waals surface area contributed by atoms with Crippen molar-refractivity contribution in [1.29, 1.82) is 0 Å². The molecule has 108 valence electrons. The van der Waals surface area contributed by atoms with Crippen molar-refractivity contribution in [3.05, 3.63) is 22.7 Å². The zero-order valence-electron chi connectivity index (χ0n) is 12.5. The summed E-state index contributed by atoms with van der Waals surface area (Å²) < 4.78 is 10.7. The highest BCUT2D eigenvalue weighted by Gasteiger charge is 2.26.